The maximum atomic E-state index is 13.6. The van der Waals surface area contributed by atoms with Crippen molar-refractivity contribution in [3.63, 3.8) is 0 Å². The smallest absolute Gasteiger partial charge is 0.469 e. The Morgan fingerprint density at radius 1 is 1.40 bits per heavy atom. The number of aromatic nitrogens is 1. The number of rotatable bonds is 4. The molecule has 20 heavy (non-hydrogen) atoms. The summed E-state index contributed by atoms with van der Waals surface area (Å²) < 4.78 is 82.1. The number of halogens is 6. The van der Waals surface area contributed by atoms with E-state index in [1.165, 1.54) is 0 Å². The minimum Gasteiger partial charge on any atom is -0.469 e. The first-order valence-corrected chi connectivity index (χ1v) is 4.94. The van der Waals surface area contributed by atoms with Crippen LogP contribution in [0, 0.1) is 5.82 Å². The van der Waals surface area contributed by atoms with E-state index in [2.05, 4.69) is 14.5 Å². The second-order valence-electron chi connectivity index (χ2n) is 3.41. The van der Waals surface area contributed by atoms with Crippen LogP contribution in [-0.4, -0.2) is 24.4 Å². The van der Waals surface area contributed by atoms with Gasteiger partial charge in [0.15, 0.2) is 11.6 Å². The molecule has 1 heterocycles. The minimum absolute atomic E-state index is 0.119. The molecule has 0 atom stereocenters. The Morgan fingerprint density at radius 2 is 2.00 bits per heavy atom. The summed E-state index contributed by atoms with van der Waals surface area (Å²) in [6.45, 7) is 0. The second-order valence-corrected chi connectivity index (χ2v) is 3.41. The molecule has 10 heteroatoms. The van der Waals surface area contributed by atoms with Crippen molar-refractivity contribution in [2.75, 3.05) is 7.11 Å². The van der Waals surface area contributed by atoms with E-state index >= 15 is 0 Å². The quantitative estimate of drug-likeness (QED) is 0.634. The maximum Gasteiger partial charge on any atom is 0.573 e. The van der Waals surface area contributed by atoms with E-state index in [4.69, 9.17) is 0 Å². The summed E-state index contributed by atoms with van der Waals surface area (Å²) in [6.07, 6.45) is -9.44. The fourth-order valence-corrected chi connectivity index (χ4v) is 1.21. The van der Waals surface area contributed by atoms with Crippen molar-refractivity contribution in [3.05, 3.63) is 23.3 Å². The zero-order valence-corrected chi connectivity index (χ0v) is 9.80. The second kappa shape index (κ2) is 5.97. The highest BCUT2D eigenvalue weighted by molar-refractivity contribution is 5.72. The molecule has 0 amide bonds. The van der Waals surface area contributed by atoms with Gasteiger partial charge in [-0.25, -0.2) is 18.2 Å². The minimum atomic E-state index is -5.27. The predicted molar refractivity (Wildman–Crippen MR) is 51.6 cm³/mol. The predicted octanol–water partition coefficient (Wildman–Crippen LogP) is 2.77. The molecule has 1 aromatic heterocycles. The number of hydrogen-bond acceptors (Lipinski definition) is 4. The molecule has 0 saturated heterocycles. The lowest BCUT2D eigenvalue weighted by Gasteiger charge is -2.13. The van der Waals surface area contributed by atoms with Gasteiger partial charge in [0.25, 0.3) is 6.43 Å². The number of alkyl halides is 5. The van der Waals surface area contributed by atoms with Crippen LogP contribution >= 0.6 is 0 Å². The van der Waals surface area contributed by atoms with Crippen LogP contribution in [0.2, 0.25) is 0 Å². The summed E-state index contributed by atoms with van der Waals surface area (Å²) in [7, 11) is 0.935. The van der Waals surface area contributed by atoms with Gasteiger partial charge >= 0.3 is 12.3 Å². The monoisotopic (exact) mass is 303 g/mol. The number of carbonyl (C=O) groups excluding carboxylic acids is 1. The highest BCUT2D eigenvalue weighted by Crippen LogP contribution is 2.30. The summed E-state index contributed by atoms with van der Waals surface area (Å²) in [5.74, 6) is -4.19. The molecule has 0 bridgehead atoms. The van der Waals surface area contributed by atoms with Gasteiger partial charge in [-0.05, 0) is 0 Å². The van der Waals surface area contributed by atoms with Gasteiger partial charge in [0.1, 0.15) is 5.69 Å². The maximum absolute atomic E-state index is 13.6. The standard InChI is InChI=1S/C10H7F6NO3/c1-19-7(18)3-4-8(11)6(20-10(14,15)16)2-5(17-4)9(12)13/h2,9H,3H2,1H3. The molecular formula is C10H7F6NO3. The molecule has 0 aliphatic heterocycles. The first kappa shape index (κ1) is 16.1. The lowest BCUT2D eigenvalue weighted by Crippen LogP contribution is -2.20. The van der Waals surface area contributed by atoms with Crippen molar-refractivity contribution in [1.29, 1.82) is 0 Å². The van der Waals surface area contributed by atoms with Gasteiger partial charge in [0, 0.05) is 6.07 Å². The van der Waals surface area contributed by atoms with Crippen LogP contribution in [0.4, 0.5) is 26.3 Å². The van der Waals surface area contributed by atoms with Gasteiger partial charge < -0.3 is 9.47 Å². The van der Waals surface area contributed by atoms with Gasteiger partial charge in [0.05, 0.1) is 19.2 Å². The summed E-state index contributed by atoms with van der Waals surface area (Å²) >= 11 is 0. The van der Waals surface area contributed by atoms with E-state index in [1.807, 2.05) is 0 Å². The van der Waals surface area contributed by atoms with Crippen molar-refractivity contribution in [1.82, 2.24) is 4.98 Å². The Hall–Kier alpha value is -2.00. The Labute approximate surface area is 108 Å². The van der Waals surface area contributed by atoms with Crippen LogP contribution < -0.4 is 4.74 Å². The van der Waals surface area contributed by atoms with Crippen molar-refractivity contribution < 1.29 is 40.6 Å². The van der Waals surface area contributed by atoms with Crippen LogP contribution in [-0.2, 0) is 16.0 Å². The lowest BCUT2D eigenvalue weighted by atomic mass is 10.2. The Balaban J connectivity index is 3.25. The Morgan fingerprint density at radius 3 is 2.45 bits per heavy atom. The molecule has 112 valence electrons. The fraction of sp³-hybridized carbons (Fsp3) is 0.400. The number of nitrogens with zero attached hydrogens (tertiary/aromatic N) is 1. The van der Waals surface area contributed by atoms with Crippen molar-refractivity contribution in [2.24, 2.45) is 0 Å². The number of esters is 1. The third kappa shape index (κ3) is 4.28. The van der Waals surface area contributed by atoms with E-state index in [0.717, 1.165) is 7.11 Å². The van der Waals surface area contributed by atoms with Crippen molar-refractivity contribution in [3.8, 4) is 5.75 Å². The number of methoxy groups -OCH3 is 1. The van der Waals surface area contributed by atoms with Gasteiger partial charge in [-0.15, -0.1) is 13.2 Å². The first-order chi connectivity index (χ1) is 9.14. The molecule has 4 nitrogen and oxygen atoms in total. The molecule has 0 radical (unpaired) electrons. The zero-order valence-electron chi connectivity index (χ0n) is 9.80. The molecule has 0 fully saturated rings. The number of carbonyl (C=O) groups is 1. The van der Waals surface area contributed by atoms with Crippen LogP contribution in [0.5, 0.6) is 5.75 Å². The molecule has 0 aromatic carbocycles. The normalized spacial score (nSPS) is 11.6. The lowest BCUT2D eigenvalue weighted by molar-refractivity contribution is -0.275. The molecular weight excluding hydrogens is 296 g/mol. The highest BCUT2D eigenvalue weighted by atomic mass is 19.4. The van der Waals surface area contributed by atoms with Gasteiger partial charge in [-0.1, -0.05) is 0 Å². The molecule has 1 rings (SSSR count). The molecule has 1 aromatic rings. The van der Waals surface area contributed by atoms with Crippen LogP contribution in [0.15, 0.2) is 6.07 Å². The van der Waals surface area contributed by atoms with Gasteiger partial charge in [-0.2, -0.15) is 0 Å². The molecule has 0 unspecified atom stereocenters. The van der Waals surface area contributed by atoms with Crippen LogP contribution in [0.25, 0.3) is 0 Å². The summed E-state index contributed by atoms with van der Waals surface area (Å²) in [5, 5.41) is 0. The fourth-order valence-electron chi connectivity index (χ4n) is 1.21. The number of ether oxygens (including phenoxy) is 2. The zero-order chi connectivity index (χ0) is 15.5. The topological polar surface area (TPSA) is 48.4 Å². The first-order valence-electron chi connectivity index (χ1n) is 4.94. The van der Waals surface area contributed by atoms with E-state index in [1.54, 1.807) is 0 Å². The third-order valence-corrected chi connectivity index (χ3v) is 2.00. The van der Waals surface area contributed by atoms with E-state index in [9.17, 15) is 31.1 Å². The molecule has 0 aliphatic rings. The SMILES string of the molecule is COC(=O)Cc1nc(C(F)F)cc(OC(F)(F)F)c1F. The average molecular weight is 303 g/mol. The van der Waals surface area contributed by atoms with E-state index in [-0.39, 0.29) is 6.07 Å². The summed E-state index contributed by atoms with van der Waals surface area (Å²) in [5.41, 5.74) is -2.07. The Kier molecular flexibility index (Phi) is 4.79. The number of pyridine rings is 1. The summed E-state index contributed by atoms with van der Waals surface area (Å²) in [6, 6.07) is 0.119. The molecule has 0 N–H and O–H groups in total. The average Bonchev–Trinajstić information content (AvgIpc) is 2.31. The van der Waals surface area contributed by atoms with Crippen LogP contribution in [0.1, 0.15) is 17.8 Å². The largest absolute Gasteiger partial charge is 0.573 e. The highest BCUT2D eigenvalue weighted by Gasteiger charge is 2.34. The van der Waals surface area contributed by atoms with E-state index in [0.29, 0.717) is 0 Å². The van der Waals surface area contributed by atoms with Crippen LogP contribution in [0.3, 0.4) is 0 Å². The van der Waals surface area contributed by atoms with Crippen molar-refractivity contribution >= 4 is 5.97 Å². The summed E-state index contributed by atoms with van der Waals surface area (Å²) in [4.78, 5) is 14.0. The van der Waals surface area contributed by atoms with Crippen molar-refractivity contribution in [2.45, 2.75) is 19.2 Å². The molecule has 0 spiro atoms. The van der Waals surface area contributed by atoms with E-state index < -0.39 is 48.1 Å². The molecule has 0 aliphatic carbocycles. The molecule has 0 saturated carbocycles. The Bertz CT molecular complexity index is 503. The van der Waals surface area contributed by atoms with Gasteiger partial charge in [-0.3, -0.25) is 4.79 Å². The number of hydrogen-bond donors (Lipinski definition) is 0. The third-order valence-electron chi connectivity index (χ3n) is 2.00. The van der Waals surface area contributed by atoms with Gasteiger partial charge in [0.2, 0.25) is 0 Å².